The maximum atomic E-state index is 11.2. The molecule has 2 aromatic rings. The lowest BCUT2D eigenvalue weighted by molar-refractivity contribution is -0.114. The van der Waals surface area contributed by atoms with Crippen LogP contribution in [0.5, 0.6) is 11.5 Å². The average molecular weight is 556 g/mol. The number of amides is 1. The third kappa shape index (κ3) is 11.2. The van der Waals surface area contributed by atoms with Crippen LogP contribution in [0.2, 0.25) is 0 Å². The lowest BCUT2D eigenvalue weighted by Crippen LogP contribution is -2.31. The minimum atomic E-state index is -0.118. The Morgan fingerprint density at radius 1 is 0.938 bits per heavy atom. The van der Waals surface area contributed by atoms with Gasteiger partial charge in [-0.05, 0) is 31.2 Å². The van der Waals surface area contributed by atoms with Gasteiger partial charge in [0.05, 0.1) is 13.2 Å². The zero-order valence-electron chi connectivity index (χ0n) is 18.8. The van der Waals surface area contributed by atoms with Crippen LogP contribution in [0.1, 0.15) is 20.3 Å². The molecular formula is C23H33IN4O4. The number of hydrogen-bond donors (Lipinski definition) is 3. The van der Waals surface area contributed by atoms with Crippen LogP contribution in [0.15, 0.2) is 53.5 Å². The normalized spacial score (nSPS) is 10.7. The molecule has 0 aliphatic rings. The maximum Gasteiger partial charge on any atom is 0.221 e. The van der Waals surface area contributed by atoms with Crippen molar-refractivity contribution < 1.29 is 19.0 Å². The van der Waals surface area contributed by atoms with Crippen molar-refractivity contribution in [2.75, 3.05) is 50.7 Å². The molecule has 0 spiro atoms. The third-order valence-electron chi connectivity index (χ3n) is 3.99. The molecule has 0 saturated heterocycles. The Bertz CT molecular complexity index is 848. The summed E-state index contributed by atoms with van der Waals surface area (Å²) in [6.45, 7) is 6.37. The molecule has 0 fully saturated rings. The van der Waals surface area contributed by atoms with Gasteiger partial charge < -0.3 is 30.2 Å². The Kier molecular flexibility index (Phi) is 13.9. The van der Waals surface area contributed by atoms with Crippen molar-refractivity contribution in [1.29, 1.82) is 0 Å². The fraction of sp³-hybridized carbons (Fsp3) is 0.391. The van der Waals surface area contributed by atoms with Gasteiger partial charge in [0, 0.05) is 57.1 Å². The molecule has 176 valence electrons. The van der Waals surface area contributed by atoms with Gasteiger partial charge in [0.1, 0.15) is 18.1 Å². The van der Waals surface area contributed by atoms with E-state index in [9.17, 15) is 4.79 Å². The summed E-state index contributed by atoms with van der Waals surface area (Å²) in [6, 6.07) is 15.0. The molecular weight excluding hydrogens is 523 g/mol. The summed E-state index contributed by atoms with van der Waals surface area (Å²) in [6.07, 6.45) is 0.839. The minimum absolute atomic E-state index is 0. The van der Waals surface area contributed by atoms with Crippen LogP contribution in [0.3, 0.4) is 0 Å². The number of hydrogen-bond acceptors (Lipinski definition) is 5. The molecule has 32 heavy (non-hydrogen) atoms. The molecule has 9 heteroatoms. The first kappa shape index (κ1) is 27.5. The lowest BCUT2D eigenvalue weighted by Gasteiger charge is -2.13. The Hall–Kier alpha value is -2.53. The number of benzene rings is 2. The highest BCUT2D eigenvalue weighted by Gasteiger charge is 2.02. The van der Waals surface area contributed by atoms with Crippen molar-refractivity contribution in [3.63, 3.8) is 0 Å². The van der Waals surface area contributed by atoms with E-state index in [0.717, 1.165) is 24.4 Å². The molecule has 2 aromatic carbocycles. The molecule has 0 bridgehead atoms. The van der Waals surface area contributed by atoms with Crippen LogP contribution >= 0.6 is 24.0 Å². The predicted molar refractivity (Wildman–Crippen MR) is 140 cm³/mol. The summed E-state index contributed by atoms with van der Waals surface area (Å²) in [5, 5.41) is 9.24. The fourth-order valence-electron chi connectivity index (χ4n) is 2.69. The van der Waals surface area contributed by atoms with E-state index in [0.29, 0.717) is 43.8 Å². The highest BCUT2D eigenvalue weighted by atomic mass is 127. The smallest absolute Gasteiger partial charge is 0.221 e. The number of carbonyl (C=O) groups excluding carboxylic acids is 1. The fourth-order valence-corrected chi connectivity index (χ4v) is 2.69. The van der Waals surface area contributed by atoms with Gasteiger partial charge in [-0.15, -0.1) is 24.0 Å². The Morgan fingerprint density at radius 3 is 2.16 bits per heavy atom. The van der Waals surface area contributed by atoms with E-state index in [1.54, 1.807) is 13.2 Å². The maximum absolute atomic E-state index is 11.2. The van der Waals surface area contributed by atoms with Crippen LogP contribution in [0.25, 0.3) is 0 Å². The van der Waals surface area contributed by atoms with Gasteiger partial charge in [0.25, 0.3) is 0 Å². The monoisotopic (exact) mass is 556 g/mol. The molecule has 0 atom stereocenters. The molecule has 0 heterocycles. The van der Waals surface area contributed by atoms with E-state index in [1.165, 1.54) is 6.92 Å². The van der Waals surface area contributed by atoms with Crippen molar-refractivity contribution >= 4 is 47.2 Å². The van der Waals surface area contributed by atoms with Gasteiger partial charge in [-0.1, -0.05) is 12.1 Å². The van der Waals surface area contributed by atoms with Crippen molar-refractivity contribution in [2.45, 2.75) is 20.3 Å². The van der Waals surface area contributed by atoms with Gasteiger partial charge in [-0.3, -0.25) is 4.79 Å². The quantitative estimate of drug-likeness (QED) is 0.158. The second-order valence-electron chi connectivity index (χ2n) is 6.67. The summed E-state index contributed by atoms with van der Waals surface area (Å²) in [4.78, 5) is 15.7. The molecule has 8 nitrogen and oxygen atoms in total. The lowest BCUT2D eigenvalue weighted by atomic mass is 10.3. The molecule has 0 aromatic heterocycles. The highest BCUT2D eigenvalue weighted by Crippen LogP contribution is 2.18. The number of nitrogens with one attached hydrogen (secondary N) is 3. The first-order chi connectivity index (χ1) is 15.1. The van der Waals surface area contributed by atoms with Gasteiger partial charge in [0.15, 0.2) is 5.96 Å². The van der Waals surface area contributed by atoms with Crippen LogP contribution < -0.4 is 25.4 Å². The number of methoxy groups -OCH3 is 1. The van der Waals surface area contributed by atoms with Gasteiger partial charge in [-0.25, -0.2) is 4.99 Å². The van der Waals surface area contributed by atoms with E-state index in [2.05, 4.69) is 20.9 Å². The summed E-state index contributed by atoms with van der Waals surface area (Å²) >= 11 is 0. The van der Waals surface area contributed by atoms with Gasteiger partial charge >= 0.3 is 0 Å². The van der Waals surface area contributed by atoms with E-state index in [1.807, 2.05) is 49.4 Å². The Morgan fingerprint density at radius 2 is 1.56 bits per heavy atom. The van der Waals surface area contributed by atoms with E-state index < -0.39 is 0 Å². The van der Waals surface area contributed by atoms with Crippen molar-refractivity contribution in [3.8, 4) is 11.5 Å². The Balaban J connectivity index is 0.00000512. The number of guanidine groups is 1. The van der Waals surface area contributed by atoms with Gasteiger partial charge in [0.2, 0.25) is 5.91 Å². The average Bonchev–Trinajstić information content (AvgIpc) is 2.74. The number of carbonyl (C=O) groups is 1. The largest absolute Gasteiger partial charge is 0.493 e. The first-order valence-corrected chi connectivity index (χ1v) is 10.4. The summed E-state index contributed by atoms with van der Waals surface area (Å²) in [5.41, 5.74) is 1.58. The first-order valence-electron chi connectivity index (χ1n) is 10.4. The van der Waals surface area contributed by atoms with Crippen LogP contribution in [0, 0.1) is 0 Å². The van der Waals surface area contributed by atoms with E-state index in [4.69, 9.17) is 14.2 Å². The molecule has 0 aliphatic carbocycles. The van der Waals surface area contributed by atoms with Crippen molar-refractivity contribution in [3.05, 3.63) is 48.5 Å². The standard InChI is InChI=1S/C23H32N4O4.HI/c1-4-24-23(27-20-9-6-10-21(17-20)30-14-7-13-29-3)25-12-15-31-22-11-5-8-19(16-22)26-18(2)28;/h5-6,8-11,16-17H,4,7,12-15H2,1-3H3,(H,26,28)(H2,24,25,27);1H. The molecule has 2 rings (SSSR count). The van der Waals surface area contributed by atoms with Crippen LogP contribution in [0.4, 0.5) is 11.4 Å². The zero-order chi connectivity index (χ0) is 22.3. The third-order valence-corrected chi connectivity index (χ3v) is 3.99. The number of nitrogens with zero attached hydrogens (tertiary/aromatic N) is 1. The summed E-state index contributed by atoms with van der Waals surface area (Å²) in [5.74, 6) is 2.01. The number of ether oxygens (including phenoxy) is 3. The molecule has 1 amide bonds. The SMILES string of the molecule is CCNC(=NCCOc1cccc(NC(C)=O)c1)Nc1cccc(OCCCOC)c1.I. The minimum Gasteiger partial charge on any atom is -0.493 e. The van der Waals surface area contributed by atoms with E-state index in [-0.39, 0.29) is 29.9 Å². The zero-order valence-corrected chi connectivity index (χ0v) is 21.2. The molecule has 0 radical (unpaired) electrons. The van der Waals surface area contributed by atoms with Crippen molar-refractivity contribution in [2.24, 2.45) is 4.99 Å². The highest BCUT2D eigenvalue weighted by molar-refractivity contribution is 14.0. The van der Waals surface area contributed by atoms with Crippen LogP contribution in [-0.2, 0) is 9.53 Å². The van der Waals surface area contributed by atoms with Crippen molar-refractivity contribution in [1.82, 2.24) is 5.32 Å². The topological polar surface area (TPSA) is 93.2 Å². The molecule has 3 N–H and O–H groups in total. The summed E-state index contributed by atoms with van der Waals surface area (Å²) in [7, 11) is 1.68. The molecule has 0 saturated carbocycles. The predicted octanol–water partition coefficient (Wildman–Crippen LogP) is 4.13. The number of halogens is 1. The van der Waals surface area contributed by atoms with Crippen LogP contribution in [-0.4, -0.2) is 51.9 Å². The second kappa shape index (κ2) is 16.2. The van der Waals surface area contributed by atoms with Gasteiger partial charge in [-0.2, -0.15) is 0 Å². The molecule has 0 aliphatic heterocycles. The number of anilines is 2. The molecule has 0 unspecified atom stereocenters. The summed E-state index contributed by atoms with van der Waals surface area (Å²) < 4.78 is 16.5. The number of aliphatic imine (C=N–C) groups is 1. The van der Waals surface area contributed by atoms with E-state index >= 15 is 0 Å². The second-order valence-corrected chi connectivity index (χ2v) is 6.67. The Labute approximate surface area is 207 Å². The number of rotatable bonds is 12.